The molecule has 0 heterocycles. The van der Waals surface area contributed by atoms with Crippen molar-refractivity contribution in [3.05, 3.63) is 70.8 Å². The van der Waals surface area contributed by atoms with Crippen LogP contribution in [0.15, 0.2) is 47.5 Å². The van der Waals surface area contributed by atoms with Crippen LogP contribution < -0.4 is 10.6 Å². The lowest BCUT2D eigenvalue weighted by molar-refractivity contribution is 0.553. The van der Waals surface area contributed by atoms with Gasteiger partial charge in [-0.05, 0) is 31.0 Å². The van der Waals surface area contributed by atoms with Crippen molar-refractivity contribution in [2.75, 3.05) is 7.05 Å². The van der Waals surface area contributed by atoms with Crippen molar-refractivity contribution in [3.8, 4) is 0 Å². The Bertz CT molecular complexity index is 744. The highest BCUT2D eigenvalue weighted by atomic mass is 127. The normalized spacial score (nSPS) is 19.1. The summed E-state index contributed by atoms with van der Waals surface area (Å²) in [4.78, 5) is 4.19. The lowest BCUT2D eigenvalue weighted by Gasteiger charge is -2.12. The van der Waals surface area contributed by atoms with Crippen molar-refractivity contribution < 1.29 is 8.78 Å². The van der Waals surface area contributed by atoms with E-state index >= 15 is 0 Å². The number of halogens is 3. The third-order valence-electron chi connectivity index (χ3n) is 4.25. The summed E-state index contributed by atoms with van der Waals surface area (Å²) in [5.41, 5.74) is 2.53. The van der Waals surface area contributed by atoms with E-state index in [-0.39, 0.29) is 41.5 Å². The zero-order chi connectivity index (χ0) is 17.1. The van der Waals surface area contributed by atoms with E-state index in [0.29, 0.717) is 18.9 Å². The summed E-state index contributed by atoms with van der Waals surface area (Å²) < 4.78 is 27.7. The zero-order valence-corrected chi connectivity index (χ0v) is 16.6. The Kier molecular flexibility index (Phi) is 6.75. The summed E-state index contributed by atoms with van der Waals surface area (Å²) >= 11 is 0. The summed E-state index contributed by atoms with van der Waals surface area (Å²) in [6.07, 6.45) is 0.697. The van der Waals surface area contributed by atoms with Crippen LogP contribution in [0, 0.1) is 18.6 Å². The molecule has 1 saturated carbocycles. The predicted molar refractivity (Wildman–Crippen MR) is 107 cm³/mol. The second-order valence-corrected chi connectivity index (χ2v) is 6.14. The van der Waals surface area contributed by atoms with Gasteiger partial charge in [0.15, 0.2) is 5.96 Å². The number of hydrogen-bond donors (Lipinski definition) is 2. The van der Waals surface area contributed by atoms with E-state index in [0.717, 1.165) is 5.56 Å². The van der Waals surface area contributed by atoms with Crippen LogP contribution in [0.4, 0.5) is 8.78 Å². The van der Waals surface area contributed by atoms with Gasteiger partial charge in [-0.15, -0.1) is 24.0 Å². The van der Waals surface area contributed by atoms with Crippen LogP contribution in [-0.2, 0) is 6.54 Å². The predicted octanol–water partition coefficient (Wildman–Crippen LogP) is 4.11. The van der Waals surface area contributed by atoms with Crippen LogP contribution in [0.2, 0.25) is 0 Å². The first-order chi connectivity index (χ1) is 11.6. The van der Waals surface area contributed by atoms with Gasteiger partial charge in [0.25, 0.3) is 0 Å². The molecule has 0 bridgehead atoms. The molecule has 134 valence electrons. The van der Waals surface area contributed by atoms with Gasteiger partial charge in [-0.25, -0.2) is 8.78 Å². The van der Waals surface area contributed by atoms with Gasteiger partial charge in [-0.1, -0.05) is 35.9 Å². The number of nitrogens with zero attached hydrogens (tertiary/aromatic N) is 1. The number of aliphatic imine (C=N–C) groups is 1. The summed E-state index contributed by atoms with van der Waals surface area (Å²) in [5, 5.41) is 6.47. The largest absolute Gasteiger partial charge is 0.353 e. The van der Waals surface area contributed by atoms with E-state index in [9.17, 15) is 8.78 Å². The van der Waals surface area contributed by atoms with E-state index < -0.39 is 11.6 Å². The number of rotatable bonds is 4. The van der Waals surface area contributed by atoms with Gasteiger partial charge in [0.05, 0.1) is 0 Å². The van der Waals surface area contributed by atoms with E-state index in [2.05, 4.69) is 21.7 Å². The lowest BCUT2D eigenvalue weighted by Crippen LogP contribution is -2.38. The third kappa shape index (κ3) is 4.90. The molecule has 1 fully saturated rings. The minimum absolute atomic E-state index is 0. The van der Waals surface area contributed by atoms with Crippen LogP contribution in [0.3, 0.4) is 0 Å². The van der Waals surface area contributed by atoms with Crippen molar-refractivity contribution in [2.45, 2.75) is 31.8 Å². The van der Waals surface area contributed by atoms with Gasteiger partial charge < -0.3 is 10.6 Å². The lowest BCUT2D eigenvalue weighted by atomic mass is 10.1. The maximum Gasteiger partial charge on any atom is 0.191 e. The molecule has 25 heavy (non-hydrogen) atoms. The Hall–Kier alpha value is -1.70. The molecule has 1 aliphatic carbocycles. The molecule has 0 radical (unpaired) electrons. The van der Waals surface area contributed by atoms with Crippen molar-refractivity contribution in [1.82, 2.24) is 10.6 Å². The maximum absolute atomic E-state index is 13.8. The fraction of sp³-hybridized carbons (Fsp3) is 0.316. The fourth-order valence-electron chi connectivity index (χ4n) is 2.92. The molecule has 2 aromatic carbocycles. The summed E-state index contributed by atoms with van der Waals surface area (Å²) in [7, 11) is 1.69. The first-order valence-corrected chi connectivity index (χ1v) is 8.05. The highest BCUT2D eigenvalue weighted by Gasteiger charge is 2.42. The number of aryl methyl sites for hydroxylation is 1. The average Bonchev–Trinajstić information content (AvgIpc) is 3.30. The van der Waals surface area contributed by atoms with Crippen LogP contribution in [0.25, 0.3) is 0 Å². The summed E-state index contributed by atoms with van der Waals surface area (Å²) in [5.74, 6) is -0.469. The quantitative estimate of drug-likeness (QED) is 0.412. The van der Waals surface area contributed by atoms with Gasteiger partial charge >= 0.3 is 0 Å². The Morgan fingerprint density at radius 3 is 2.48 bits per heavy atom. The van der Waals surface area contributed by atoms with Crippen molar-refractivity contribution >= 4 is 29.9 Å². The minimum atomic E-state index is -0.480. The molecule has 0 saturated heterocycles. The van der Waals surface area contributed by atoms with Crippen LogP contribution in [0.5, 0.6) is 0 Å². The van der Waals surface area contributed by atoms with E-state index in [1.807, 2.05) is 25.1 Å². The highest BCUT2D eigenvalue weighted by molar-refractivity contribution is 14.0. The van der Waals surface area contributed by atoms with Crippen LogP contribution in [0.1, 0.15) is 29.0 Å². The van der Waals surface area contributed by atoms with Crippen LogP contribution >= 0.6 is 24.0 Å². The topological polar surface area (TPSA) is 36.4 Å². The molecule has 0 amide bonds. The van der Waals surface area contributed by atoms with Gasteiger partial charge in [-0.2, -0.15) is 0 Å². The molecule has 2 N–H and O–H groups in total. The number of benzene rings is 2. The fourth-order valence-corrected chi connectivity index (χ4v) is 2.92. The Balaban J connectivity index is 0.00000225. The second kappa shape index (κ2) is 8.60. The summed E-state index contributed by atoms with van der Waals surface area (Å²) in [6, 6.07) is 12.2. The van der Waals surface area contributed by atoms with E-state index in [4.69, 9.17) is 0 Å². The van der Waals surface area contributed by atoms with E-state index in [1.165, 1.54) is 23.8 Å². The van der Waals surface area contributed by atoms with Crippen molar-refractivity contribution in [3.63, 3.8) is 0 Å². The third-order valence-corrected chi connectivity index (χ3v) is 4.25. The monoisotopic (exact) mass is 457 g/mol. The molecular formula is C19H22F2IN3. The van der Waals surface area contributed by atoms with Gasteiger partial charge in [0, 0.05) is 31.1 Å². The molecular weight excluding hydrogens is 435 g/mol. The molecule has 0 aliphatic heterocycles. The maximum atomic E-state index is 13.8. The molecule has 2 unspecified atom stereocenters. The highest BCUT2D eigenvalue weighted by Crippen LogP contribution is 2.43. The number of hydrogen-bond acceptors (Lipinski definition) is 1. The number of nitrogens with one attached hydrogen (secondary N) is 2. The minimum Gasteiger partial charge on any atom is -0.353 e. The summed E-state index contributed by atoms with van der Waals surface area (Å²) in [6.45, 7) is 2.70. The van der Waals surface area contributed by atoms with Gasteiger partial charge in [0.1, 0.15) is 11.6 Å². The molecule has 3 nitrogen and oxygen atoms in total. The first-order valence-electron chi connectivity index (χ1n) is 8.05. The molecule has 0 aromatic heterocycles. The number of guanidine groups is 1. The van der Waals surface area contributed by atoms with Crippen molar-refractivity contribution in [1.29, 1.82) is 0 Å². The molecule has 2 atom stereocenters. The van der Waals surface area contributed by atoms with Gasteiger partial charge in [-0.3, -0.25) is 4.99 Å². The molecule has 1 aliphatic rings. The first kappa shape index (κ1) is 19.6. The molecule has 0 spiro atoms. The average molecular weight is 457 g/mol. The molecule has 2 aromatic rings. The Morgan fingerprint density at radius 2 is 1.84 bits per heavy atom. The van der Waals surface area contributed by atoms with Crippen molar-refractivity contribution in [2.24, 2.45) is 4.99 Å². The van der Waals surface area contributed by atoms with Gasteiger partial charge in [0.2, 0.25) is 0 Å². The van der Waals surface area contributed by atoms with Crippen LogP contribution in [-0.4, -0.2) is 19.0 Å². The molecule has 6 heteroatoms. The molecule has 3 rings (SSSR count). The smallest absolute Gasteiger partial charge is 0.191 e. The Labute approximate surface area is 164 Å². The SMILES string of the molecule is CN=C(NCc1cccc(C)c1)NC1CC1c1c(F)cccc1F.I. The Morgan fingerprint density at radius 1 is 1.16 bits per heavy atom. The zero-order valence-electron chi connectivity index (χ0n) is 14.2. The standard InChI is InChI=1S/C19H21F2N3.HI/c1-12-5-3-6-13(9-12)11-23-19(22-2)24-17-10-14(17)18-15(20)7-4-8-16(18)21;/h3-9,14,17H,10-11H2,1-2H3,(H2,22,23,24);1H. The van der Waals surface area contributed by atoms with E-state index in [1.54, 1.807) is 7.05 Å². The second-order valence-electron chi connectivity index (χ2n) is 6.14.